The van der Waals surface area contributed by atoms with Gasteiger partial charge in [0.15, 0.2) is 5.60 Å². The number of halogens is 1. The molecule has 5 rings (SSSR count). The van der Waals surface area contributed by atoms with Crippen LogP contribution in [-0.4, -0.2) is 89.7 Å². The lowest BCUT2D eigenvalue weighted by Gasteiger charge is -2.35. The van der Waals surface area contributed by atoms with Crippen molar-refractivity contribution >= 4 is 46.8 Å². The molecule has 2 saturated heterocycles. The van der Waals surface area contributed by atoms with Crippen LogP contribution in [0.1, 0.15) is 84.6 Å². The SMILES string of the molecule is CCC[C@H](NC(=O)[C@@H]1C[C@]2(CC(c3cccc(Cl)c3)=NO2)CN1C(=O)[C@@H](CC(=O)O[C@H]1CCOC1)C(C)(C)C)C(=O)C(=O)NC1CC1. The minimum absolute atomic E-state index is 0.0114. The number of rotatable bonds is 12. The maximum Gasteiger partial charge on any atom is 0.306 e. The van der Waals surface area contributed by atoms with E-state index in [-0.39, 0.29) is 38.0 Å². The maximum absolute atomic E-state index is 14.5. The molecule has 1 aromatic carbocycles. The van der Waals surface area contributed by atoms with Gasteiger partial charge in [0.25, 0.3) is 5.91 Å². The van der Waals surface area contributed by atoms with Crippen molar-refractivity contribution in [3.8, 4) is 0 Å². The van der Waals surface area contributed by atoms with E-state index in [1.807, 2.05) is 33.8 Å². The van der Waals surface area contributed by atoms with Crippen LogP contribution in [-0.2, 0) is 38.3 Å². The van der Waals surface area contributed by atoms with Crippen LogP contribution in [0.2, 0.25) is 5.02 Å². The van der Waals surface area contributed by atoms with E-state index in [4.69, 9.17) is 25.9 Å². The van der Waals surface area contributed by atoms with Crippen LogP contribution in [0.3, 0.4) is 0 Å². The smallest absolute Gasteiger partial charge is 0.306 e. The number of carbonyl (C=O) groups is 5. The molecule has 1 aliphatic carbocycles. The quantitative estimate of drug-likeness (QED) is 0.253. The van der Waals surface area contributed by atoms with Crippen molar-refractivity contribution in [2.24, 2.45) is 16.5 Å². The molecular formula is C34H45ClN4O8. The fourth-order valence-corrected chi connectivity index (χ4v) is 6.58. The summed E-state index contributed by atoms with van der Waals surface area (Å²) in [5, 5.41) is 10.4. The Bertz CT molecular complexity index is 1420. The van der Waals surface area contributed by atoms with E-state index in [0.29, 0.717) is 43.2 Å². The standard InChI is InChI=1S/C34H45ClN4O8/c1-5-7-25(29(41)31(43)36-22-10-11-22)37-30(42)27-17-34(16-26(38-47-34)20-8-6-9-21(35)14-20)19-39(27)32(44)24(33(2,3)4)15-28(40)46-23-12-13-45-18-23/h6,8-9,14,22-25,27H,5,7,10-13,15-19H2,1-4H3,(H,36,43)(H,37,42)/t23-,24+,25-,27-,34+/m0/s1. The molecule has 13 heteroatoms. The van der Waals surface area contributed by atoms with Crippen LogP contribution < -0.4 is 10.6 Å². The predicted molar refractivity (Wildman–Crippen MR) is 172 cm³/mol. The highest BCUT2D eigenvalue weighted by Crippen LogP contribution is 2.42. The van der Waals surface area contributed by atoms with Crippen molar-refractivity contribution in [3.63, 3.8) is 0 Å². The molecule has 0 unspecified atom stereocenters. The van der Waals surface area contributed by atoms with Gasteiger partial charge < -0.3 is 29.8 Å². The van der Waals surface area contributed by atoms with Gasteiger partial charge in [-0.3, -0.25) is 24.0 Å². The Balaban J connectivity index is 1.38. The summed E-state index contributed by atoms with van der Waals surface area (Å²) in [7, 11) is 0. The van der Waals surface area contributed by atoms with Gasteiger partial charge in [-0.15, -0.1) is 0 Å². The van der Waals surface area contributed by atoms with Gasteiger partial charge in [-0.25, -0.2) is 0 Å². The van der Waals surface area contributed by atoms with E-state index < -0.39 is 58.5 Å². The zero-order chi connectivity index (χ0) is 33.9. The molecule has 1 spiro atoms. The number of oxime groups is 1. The molecule has 0 bridgehead atoms. The third kappa shape index (κ3) is 8.51. The number of benzene rings is 1. The van der Waals surface area contributed by atoms with Crippen LogP contribution in [0.4, 0.5) is 0 Å². The summed E-state index contributed by atoms with van der Waals surface area (Å²) in [6, 6.07) is 5.09. The van der Waals surface area contributed by atoms with Crippen molar-refractivity contribution in [2.45, 2.75) is 109 Å². The number of Topliss-reactive ketones (excluding diaryl/α,β-unsaturated/α-hetero) is 1. The Labute approximate surface area is 280 Å². The molecule has 3 fully saturated rings. The predicted octanol–water partition coefficient (Wildman–Crippen LogP) is 3.32. The van der Waals surface area contributed by atoms with E-state index in [1.165, 1.54) is 4.90 Å². The Kier molecular flexibility index (Phi) is 10.6. The normalized spacial score (nSPS) is 25.1. The molecule has 5 atom stereocenters. The van der Waals surface area contributed by atoms with Crippen molar-refractivity contribution in [2.75, 3.05) is 19.8 Å². The van der Waals surface area contributed by atoms with Gasteiger partial charge in [0, 0.05) is 35.9 Å². The minimum atomic E-state index is -1.05. The molecule has 3 heterocycles. The van der Waals surface area contributed by atoms with Gasteiger partial charge in [0.2, 0.25) is 17.6 Å². The molecule has 1 aromatic rings. The summed E-state index contributed by atoms with van der Waals surface area (Å²) in [6.45, 7) is 8.31. The minimum Gasteiger partial charge on any atom is -0.460 e. The third-order valence-corrected chi connectivity index (χ3v) is 9.46. The number of nitrogens with one attached hydrogen (secondary N) is 2. The molecule has 1 saturated carbocycles. The largest absolute Gasteiger partial charge is 0.460 e. The molecule has 256 valence electrons. The molecule has 0 aromatic heterocycles. The van der Waals surface area contributed by atoms with Crippen LogP contribution in [0.15, 0.2) is 29.4 Å². The van der Waals surface area contributed by atoms with Gasteiger partial charge in [0.1, 0.15) is 12.1 Å². The monoisotopic (exact) mass is 672 g/mol. The van der Waals surface area contributed by atoms with Crippen LogP contribution >= 0.6 is 11.6 Å². The Morgan fingerprint density at radius 2 is 1.94 bits per heavy atom. The first-order valence-corrected chi connectivity index (χ1v) is 16.9. The van der Waals surface area contributed by atoms with Crippen molar-refractivity contribution in [3.05, 3.63) is 34.9 Å². The highest BCUT2D eigenvalue weighted by Gasteiger charge is 2.55. The number of ketones is 1. The number of likely N-dealkylation sites (tertiary alicyclic amines) is 1. The number of amides is 3. The highest BCUT2D eigenvalue weighted by molar-refractivity contribution is 6.38. The number of hydrogen-bond donors (Lipinski definition) is 2. The first-order valence-electron chi connectivity index (χ1n) is 16.5. The third-order valence-electron chi connectivity index (χ3n) is 9.23. The van der Waals surface area contributed by atoms with Crippen molar-refractivity contribution in [1.82, 2.24) is 15.5 Å². The molecule has 0 radical (unpaired) electrons. The second-order valence-electron chi connectivity index (χ2n) is 14.2. The lowest BCUT2D eigenvalue weighted by molar-refractivity contribution is -0.156. The lowest BCUT2D eigenvalue weighted by atomic mass is 9.77. The second kappa shape index (κ2) is 14.3. The molecule has 12 nitrogen and oxygen atoms in total. The van der Waals surface area contributed by atoms with Gasteiger partial charge in [-0.2, -0.15) is 0 Å². The Morgan fingerprint density at radius 3 is 2.57 bits per heavy atom. The summed E-state index contributed by atoms with van der Waals surface area (Å²) in [4.78, 5) is 74.8. The van der Waals surface area contributed by atoms with E-state index in [1.54, 1.807) is 18.2 Å². The van der Waals surface area contributed by atoms with E-state index in [9.17, 15) is 24.0 Å². The average Bonchev–Trinajstić information content (AvgIpc) is 3.37. The summed E-state index contributed by atoms with van der Waals surface area (Å²) in [5.74, 6) is -3.75. The van der Waals surface area contributed by atoms with Crippen molar-refractivity contribution in [1.29, 1.82) is 0 Å². The number of nitrogens with zero attached hydrogens (tertiary/aromatic N) is 2. The highest BCUT2D eigenvalue weighted by atomic mass is 35.5. The zero-order valence-corrected chi connectivity index (χ0v) is 28.3. The van der Waals surface area contributed by atoms with E-state index in [2.05, 4.69) is 15.8 Å². The van der Waals surface area contributed by atoms with Gasteiger partial charge in [-0.05, 0) is 36.8 Å². The first-order chi connectivity index (χ1) is 22.3. The van der Waals surface area contributed by atoms with Crippen molar-refractivity contribution < 1.29 is 38.3 Å². The molecule has 3 amide bonds. The second-order valence-corrected chi connectivity index (χ2v) is 14.7. The molecule has 47 heavy (non-hydrogen) atoms. The van der Waals surface area contributed by atoms with Crippen LogP contribution in [0, 0.1) is 11.3 Å². The molecule has 3 aliphatic heterocycles. The summed E-state index contributed by atoms with van der Waals surface area (Å²) in [5.41, 5.74) is -0.291. The number of hydrogen-bond acceptors (Lipinski definition) is 9. The van der Waals surface area contributed by atoms with Crippen LogP contribution in [0.5, 0.6) is 0 Å². The fraction of sp³-hybridized carbons (Fsp3) is 0.647. The Hall–Kier alpha value is -3.51. The Morgan fingerprint density at radius 1 is 1.17 bits per heavy atom. The topological polar surface area (TPSA) is 153 Å². The maximum atomic E-state index is 14.5. The van der Waals surface area contributed by atoms with E-state index >= 15 is 0 Å². The summed E-state index contributed by atoms with van der Waals surface area (Å²) in [6.07, 6.45) is 2.92. The molecule has 2 N–H and O–H groups in total. The zero-order valence-electron chi connectivity index (χ0n) is 27.5. The molecule has 4 aliphatic rings. The summed E-state index contributed by atoms with van der Waals surface area (Å²) < 4.78 is 10.9. The van der Waals surface area contributed by atoms with Gasteiger partial charge in [-0.1, -0.05) is 63.0 Å². The number of ether oxygens (including phenoxy) is 2. The van der Waals surface area contributed by atoms with E-state index in [0.717, 1.165) is 18.4 Å². The van der Waals surface area contributed by atoms with Gasteiger partial charge >= 0.3 is 5.97 Å². The first kappa shape index (κ1) is 34.8. The number of esters is 1. The average molecular weight is 673 g/mol. The lowest BCUT2D eigenvalue weighted by Crippen LogP contribution is -2.54. The fourth-order valence-electron chi connectivity index (χ4n) is 6.39. The van der Waals surface area contributed by atoms with Gasteiger partial charge in [0.05, 0.1) is 43.9 Å². The van der Waals surface area contributed by atoms with Crippen LogP contribution in [0.25, 0.3) is 0 Å². The number of carbonyl (C=O) groups excluding carboxylic acids is 5. The summed E-state index contributed by atoms with van der Waals surface area (Å²) >= 11 is 6.23. The molecular weight excluding hydrogens is 628 g/mol.